The van der Waals surface area contributed by atoms with Crippen LogP contribution in [0.5, 0.6) is 0 Å². The van der Waals surface area contributed by atoms with Crippen molar-refractivity contribution in [2.75, 3.05) is 19.7 Å². The molecular weight excluding hydrogens is 224 g/mol. The van der Waals surface area contributed by atoms with Crippen LogP contribution in [0.25, 0.3) is 0 Å². The summed E-state index contributed by atoms with van der Waals surface area (Å²) in [6.45, 7) is 5.75. The highest BCUT2D eigenvalue weighted by atomic mass is 16.3. The van der Waals surface area contributed by atoms with E-state index in [0.29, 0.717) is 12.1 Å². The van der Waals surface area contributed by atoms with Crippen LogP contribution in [-0.2, 0) is 6.54 Å². The van der Waals surface area contributed by atoms with Crippen LogP contribution in [-0.4, -0.2) is 41.8 Å². The monoisotopic (exact) mass is 248 g/mol. The summed E-state index contributed by atoms with van der Waals surface area (Å²) in [5, 5.41) is 12.5. The topological polar surface area (TPSA) is 35.5 Å². The van der Waals surface area contributed by atoms with Crippen molar-refractivity contribution >= 4 is 0 Å². The average Bonchev–Trinajstić information content (AvgIpc) is 2.78. The van der Waals surface area contributed by atoms with Crippen LogP contribution in [0.4, 0.5) is 0 Å². The molecule has 1 aliphatic heterocycles. The van der Waals surface area contributed by atoms with Gasteiger partial charge in [-0.15, -0.1) is 0 Å². The number of likely N-dealkylation sites (tertiary alicyclic amines) is 1. The van der Waals surface area contributed by atoms with Gasteiger partial charge in [-0.1, -0.05) is 30.3 Å². The number of hydrogen-bond acceptors (Lipinski definition) is 3. The van der Waals surface area contributed by atoms with Gasteiger partial charge >= 0.3 is 0 Å². The lowest BCUT2D eigenvalue weighted by Gasteiger charge is -2.20. The Kier molecular flexibility index (Phi) is 5.17. The molecule has 0 aliphatic carbocycles. The maximum atomic E-state index is 8.91. The van der Waals surface area contributed by atoms with E-state index in [1.807, 2.05) is 0 Å². The summed E-state index contributed by atoms with van der Waals surface area (Å²) in [6, 6.07) is 11.6. The number of benzene rings is 1. The van der Waals surface area contributed by atoms with E-state index in [9.17, 15) is 0 Å². The van der Waals surface area contributed by atoms with Crippen LogP contribution in [0.15, 0.2) is 30.3 Å². The van der Waals surface area contributed by atoms with Crippen molar-refractivity contribution in [2.24, 2.45) is 0 Å². The molecule has 0 radical (unpaired) electrons. The van der Waals surface area contributed by atoms with E-state index in [4.69, 9.17) is 5.11 Å². The minimum Gasteiger partial charge on any atom is -0.396 e. The van der Waals surface area contributed by atoms with Crippen LogP contribution in [0.3, 0.4) is 0 Å². The van der Waals surface area contributed by atoms with Gasteiger partial charge in [0.15, 0.2) is 0 Å². The van der Waals surface area contributed by atoms with Gasteiger partial charge in [0.1, 0.15) is 0 Å². The van der Waals surface area contributed by atoms with Crippen LogP contribution in [0.2, 0.25) is 0 Å². The van der Waals surface area contributed by atoms with Crippen molar-refractivity contribution in [3.05, 3.63) is 35.9 Å². The van der Waals surface area contributed by atoms with E-state index in [0.717, 1.165) is 19.5 Å². The van der Waals surface area contributed by atoms with Crippen molar-refractivity contribution in [3.8, 4) is 0 Å². The molecule has 3 nitrogen and oxygen atoms in total. The highest BCUT2D eigenvalue weighted by Gasteiger charge is 2.23. The molecule has 18 heavy (non-hydrogen) atoms. The lowest BCUT2D eigenvalue weighted by molar-refractivity contribution is 0.260. The van der Waals surface area contributed by atoms with E-state index in [1.165, 1.54) is 18.5 Å². The first-order chi connectivity index (χ1) is 8.78. The maximum Gasteiger partial charge on any atom is 0.0445 e. The molecule has 2 rings (SSSR count). The molecule has 2 atom stereocenters. The number of rotatable bonds is 6. The van der Waals surface area contributed by atoms with E-state index in [1.54, 1.807) is 0 Å². The summed E-state index contributed by atoms with van der Waals surface area (Å²) < 4.78 is 0. The molecule has 100 valence electrons. The molecular formula is C15H24N2O. The van der Waals surface area contributed by atoms with Crippen molar-refractivity contribution in [1.29, 1.82) is 0 Å². The van der Waals surface area contributed by atoms with Gasteiger partial charge in [-0.3, -0.25) is 4.90 Å². The van der Waals surface area contributed by atoms with Crippen molar-refractivity contribution in [3.63, 3.8) is 0 Å². The van der Waals surface area contributed by atoms with Gasteiger partial charge in [0.05, 0.1) is 0 Å². The van der Waals surface area contributed by atoms with Gasteiger partial charge < -0.3 is 10.4 Å². The zero-order chi connectivity index (χ0) is 12.8. The molecule has 0 saturated carbocycles. The first-order valence-electron chi connectivity index (χ1n) is 6.91. The Bertz CT molecular complexity index is 342. The van der Waals surface area contributed by atoms with Crippen molar-refractivity contribution in [2.45, 2.75) is 38.4 Å². The average molecular weight is 248 g/mol. The molecule has 0 spiro atoms. The summed E-state index contributed by atoms with van der Waals surface area (Å²) in [7, 11) is 0. The SMILES string of the molecule is CC(CCO)NC1CCN(Cc2ccccc2)C1. The van der Waals surface area contributed by atoms with Crippen LogP contribution in [0.1, 0.15) is 25.3 Å². The molecule has 2 unspecified atom stereocenters. The molecule has 1 heterocycles. The smallest absolute Gasteiger partial charge is 0.0445 e. The first-order valence-corrected chi connectivity index (χ1v) is 6.91. The Balaban J connectivity index is 1.75. The quantitative estimate of drug-likeness (QED) is 0.803. The number of nitrogens with one attached hydrogen (secondary N) is 1. The van der Waals surface area contributed by atoms with Crippen molar-refractivity contribution < 1.29 is 5.11 Å². The van der Waals surface area contributed by atoms with Gasteiger partial charge in [-0.05, 0) is 25.3 Å². The predicted molar refractivity (Wildman–Crippen MR) is 74.4 cm³/mol. The Hall–Kier alpha value is -0.900. The second-order valence-electron chi connectivity index (χ2n) is 5.29. The molecule has 1 aromatic rings. The maximum absolute atomic E-state index is 8.91. The molecule has 0 bridgehead atoms. The first kappa shape index (κ1) is 13.5. The minimum atomic E-state index is 0.272. The number of nitrogens with zero attached hydrogens (tertiary/aromatic N) is 1. The largest absolute Gasteiger partial charge is 0.396 e. The summed E-state index contributed by atoms with van der Waals surface area (Å²) in [5.41, 5.74) is 1.39. The molecule has 0 aromatic heterocycles. The molecule has 3 heteroatoms. The Morgan fingerprint density at radius 3 is 2.89 bits per heavy atom. The highest BCUT2D eigenvalue weighted by Crippen LogP contribution is 2.14. The Morgan fingerprint density at radius 2 is 2.17 bits per heavy atom. The summed E-state index contributed by atoms with van der Waals surface area (Å²) in [4.78, 5) is 2.50. The third-order valence-electron chi connectivity index (χ3n) is 3.60. The van der Waals surface area contributed by atoms with Gasteiger partial charge in [0.25, 0.3) is 0 Å². The normalized spacial score (nSPS) is 22.2. The second-order valence-corrected chi connectivity index (χ2v) is 5.29. The van der Waals surface area contributed by atoms with Gasteiger partial charge in [0, 0.05) is 38.3 Å². The van der Waals surface area contributed by atoms with E-state index < -0.39 is 0 Å². The summed E-state index contributed by atoms with van der Waals surface area (Å²) in [6.07, 6.45) is 2.05. The Morgan fingerprint density at radius 1 is 1.39 bits per heavy atom. The van der Waals surface area contributed by atoms with Gasteiger partial charge in [0.2, 0.25) is 0 Å². The van der Waals surface area contributed by atoms with E-state index in [2.05, 4.69) is 47.5 Å². The number of aliphatic hydroxyl groups is 1. The molecule has 1 fully saturated rings. The molecule has 0 amide bonds. The standard InChI is InChI=1S/C15H24N2O/c1-13(8-10-18)16-15-7-9-17(12-15)11-14-5-3-2-4-6-14/h2-6,13,15-16,18H,7-12H2,1H3. The number of hydrogen-bond donors (Lipinski definition) is 2. The molecule has 1 saturated heterocycles. The van der Waals surface area contributed by atoms with Crippen molar-refractivity contribution in [1.82, 2.24) is 10.2 Å². The Labute approximate surface area is 110 Å². The lowest BCUT2D eigenvalue weighted by atomic mass is 10.2. The second kappa shape index (κ2) is 6.88. The molecule has 1 aromatic carbocycles. The van der Waals surface area contributed by atoms with E-state index >= 15 is 0 Å². The lowest BCUT2D eigenvalue weighted by Crippen LogP contribution is -2.38. The third-order valence-corrected chi connectivity index (χ3v) is 3.60. The predicted octanol–water partition coefficient (Wildman–Crippen LogP) is 1.62. The molecule has 2 N–H and O–H groups in total. The van der Waals surface area contributed by atoms with Gasteiger partial charge in [-0.25, -0.2) is 0 Å². The van der Waals surface area contributed by atoms with Crippen LogP contribution < -0.4 is 5.32 Å². The van der Waals surface area contributed by atoms with Gasteiger partial charge in [-0.2, -0.15) is 0 Å². The number of aliphatic hydroxyl groups excluding tert-OH is 1. The zero-order valence-corrected chi connectivity index (χ0v) is 11.2. The van der Waals surface area contributed by atoms with Crippen LogP contribution >= 0.6 is 0 Å². The summed E-state index contributed by atoms with van der Waals surface area (Å²) in [5.74, 6) is 0. The van der Waals surface area contributed by atoms with E-state index in [-0.39, 0.29) is 6.61 Å². The highest BCUT2D eigenvalue weighted by molar-refractivity contribution is 5.14. The molecule has 1 aliphatic rings. The third kappa shape index (κ3) is 4.09. The van der Waals surface area contributed by atoms with Crippen LogP contribution in [0, 0.1) is 0 Å². The fourth-order valence-electron chi connectivity index (χ4n) is 2.63. The fourth-order valence-corrected chi connectivity index (χ4v) is 2.63. The minimum absolute atomic E-state index is 0.272. The zero-order valence-electron chi connectivity index (χ0n) is 11.2. The summed E-state index contributed by atoms with van der Waals surface area (Å²) >= 11 is 0. The fraction of sp³-hybridized carbons (Fsp3) is 0.600.